The molecule has 0 aliphatic carbocycles. The molecule has 242 valence electrons. The van der Waals surface area contributed by atoms with Crippen molar-refractivity contribution in [3.63, 3.8) is 0 Å². The Kier molecular flexibility index (Phi) is 24.4. The zero-order chi connectivity index (χ0) is 30.0. The van der Waals surface area contributed by atoms with Gasteiger partial charge in [0.25, 0.3) is 0 Å². The number of esters is 2. The molecule has 7 nitrogen and oxygen atoms in total. The van der Waals surface area contributed by atoms with Gasteiger partial charge in [-0.2, -0.15) is 0 Å². The van der Waals surface area contributed by atoms with Gasteiger partial charge >= 0.3 is 11.9 Å². The van der Waals surface area contributed by atoms with E-state index in [2.05, 4.69) is 13.8 Å². The summed E-state index contributed by atoms with van der Waals surface area (Å²) in [6.45, 7) is 4.14. The van der Waals surface area contributed by atoms with Gasteiger partial charge in [0.2, 0.25) is 0 Å². The normalized spacial score (nSPS) is 20.4. The van der Waals surface area contributed by atoms with Crippen molar-refractivity contribution >= 4 is 11.9 Å². The van der Waals surface area contributed by atoms with Crippen LogP contribution in [0.15, 0.2) is 0 Å². The van der Waals surface area contributed by atoms with Gasteiger partial charge in [0.15, 0.2) is 18.5 Å². The van der Waals surface area contributed by atoms with Crippen molar-refractivity contribution in [2.75, 3.05) is 13.7 Å². The maximum Gasteiger partial charge on any atom is 0.306 e. The average molecular weight is 585 g/mol. The van der Waals surface area contributed by atoms with E-state index in [0.29, 0.717) is 12.8 Å². The molecule has 0 bridgehead atoms. The summed E-state index contributed by atoms with van der Waals surface area (Å²) in [4.78, 5) is 25.2. The predicted octanol–water partition coefficient (Wildman–Crippen LogP) is 8.58. The molecule has 0 unspecified atom stereocenters. The molecule has 0 aromatic carbocycles. The second-order valence-corrected chi connectivity index (χ2v) is 11.9. The summed E-state index contributed by atoms with van der Waals surface area (Å²) in [5.41, 5.74) is 0. The fourth-order valence-corrected chi connectivity index (χ4v) is 5.58. The molecule has 0 radical (unpaired) electrons. The molecule has 1 N–H and O–H groups in total. The van der Waals surface area contributed by atoms with Crippen molar-refractivity contribution in [3.8, 4) is 0 Å². The van der Waals surface area contributed by atoms with Crippen molar-refractivity contribution < 1.29 is 33.6 Å². The molecule has 4 atom stereocenters. The Hall–Kier alpha value is -1.18. The summed E-state index contributed by atoms with van der Waals surface area (Å²) in [5.74, 6) is -0.697. The molecule has 1 aliphatic heterocycles. The van der Waals surface area contributed by atoms with Gasteiger partial charge in [-0.25, -0.2) is 0 Å². The first-order valence-electron chi connectivity index (χ1n) is 17.2. The molecule has 0 aromatic heterocycles. The summed E-state index contributed by atoms with van der Waals surface area (Å²) < 4.78 is 22.4. The third-order valence-corrected chi connectivity index (χ3v) is 8.18. The van der Waals surface area contributed by atoms with Crippen LogP contribution in [0.25, 0.3) is 0 Å². The standard InChI is InChI=1S/C34H64O7/c1-4-6-8-10-12-14-16-18-20-22-24-26-30(36)40-32-29(28-35)39-34(38-3)33(32)41-31(37)27-25-23-21-19-17-15-13-11-9-7-5-2/h29,32-35H,4-28H2,1-3H3/t29-,32-,33-,34-/m1/s1. The number of hydrogen-bond acceptors (Lipinski definition) is 7. The quantitative estimate of drug-likeness (QED) is 0.0727. The second kappa shape index (κ2) is 26.4. The summed E-state index contributed by atoms with van der Waals surface area (Å²) in [6.07, 6.45) is 23.9. The highest BCUT2D eigenvalue weighted by Crippen LogP contribution is 2.28. The monoisotopic (exact) mass is 584 g/mol. The topological polar surface area (TPSA) is 91.3 Å². The van der Waals surface area contributed by atoms with Crippen LogP contribution < -0.4 is 0 Å². The average Bonchev–Trinajstić information content (AvgIpc) is 3.30. The fraction of sp³-hybridized carbons (Fsp3) is 0.941. The van der Waals surface area contributed by atoms with E-state index >= 15 is 0 Å². The van der Waals surface area contributed by atoms with Crippen LogP contribution in [-0.2, 0) is 28.5 Å². The van der Waals surface area contributed by atoms with Gasteiger partial charge < -0.3 is 24.1 Å². The van der Waals surface area contributed by atoms with Crippen LogP contribution >= 0.6 is 0 Å². The lowest BCUT2D eigenvalue weighted by Crippen LogP contribution is -2.41. The predicted molar refractivity (Wildman–Crippen MR) is 165 cm³/mol. The largest absolute Gasteiger partial charge is 0.455 e. The van der Waals surface area contributed by atoms with Gasteiger partial charge in [-0.15, -0.1) is 0 Å². The van der Waals surface area contributed by atoms with Crippen molar-refractivity contribution in [2.45, 2.75) is 193 Å². The fourth-order valence-electron chi connectivity index (χ4n) is 5.58. The number of aliphatic hydroxyl groups is 1. The number of hydrogen-bond donors (Lipinski definition) is 1. The lowest BCUT2D eigenvalue weighted by molar-refractivity contribution is -0.183. The molecule has 1 saturated heterocycles. The summed E-state index contributed by atoms with van der Waals surface area (Å²) in [6, 6.07) is 0. The molecular weight excluding hydrogens is 520 g/mol. The third kappa shape index (κ3) is 18.9. The Morgan fingerprint density at radius 1 is 0.561 bits per heavy atom. The SMILES string of the molecule is CCCCCCCCCCCCCC(=O)O[C@H]1[C@H](OC)O[C@H](CO)[C@H]1OC(=O)CCCCCCCCCCCCC. The Morgan fingerprint density at radius 3 is 1.24 bits per heavy atom. The highest BCUT2D eigenvalue weighted by atomic mass is 16.7. The lowest BCUT2D eigenvalue weighted by Gasteiger charge is -2.23. The van der Waals surface area contributed by atoms with Gasteiger partial charge in [0, 0.05) is 20.0 Å². The number of carbonyl (C=O) groups excluding carboxylic acids is 2. The van der Waals surface area contributed by atoms with Crippen LogP contribution in [0.1, 0.15) is 168 Å². The first-order chi connectivity index (χ1) is 20.1. The highest BCUT2D eigenvalue weighted by Gasteiger charge is 2.49. The Labute approximate surface area is 251 Å². The Bertz CT molecular complexity index is 574. The number of rotatable bonds is 28. The number of carbonyl (C=O) groups is 2. The van der Waals surface area contributed by atoms with Crippen LogP contribution in [0.2, 0.25) is 0 Å². The highest BCUT2D eigenvalue weighted by molar-refractivity contribution is 5.70. The third-order valence-electron chi connectivity index (χ3n) is 8.18. The molecule has 1 fully saturated rings. The smallest absolute Gasteiger partial charge is 0.306 e. The van der Waals surface area contributed by atoms with Crippen LogP contribution in [-0.4, -0.2) is 55.4 Å². The van der Waals surface area contributed by atoms with Crippen molar-refractivity contribution in [3.05, 3.63) is 0 Å². The number of ether oxygens (including phenoxy) is 4. The van der Waals surface area contributed by atoms with Gasteiger partial charge in [0.05, 0.1) is 6.61 Å². The van der Waals surface area contributed by atoms with E-state index < -0.39 is 24.6 Å². The summed E-state index contributed by atoms with van der Waals surface area (Å²) >= 11 is 0. The Balaban J connectivity index is 2.25. The maximum atomic E-state index is 12.6. The molecule has 7 heteroatoms. The van der Waals surface area contributed by atoms with E-state index in [1.807, 2.05) is 0 Å². The molecule has 0 saturated carbocycles. The van der Waals surface area contributed by atoms with Gasteiger partial charge in [0.1, 0.15) is 6.10 Å². The van der Waals surface area contributed by atoms with E-state index in [1.54, 1.807) is 0 Å². The zero-order valence-electron chi connectivity index (χ0n) is 26.9. The van der Waals surface area contributed by atoms with E-state index in [1.165, 1.54) is 110 Å². The van der Waals surface area contributed by atoms with Crippen LogP contribution in [0, 0.1) is 0 Å². The molecule has 1 heterocycles. The molecule has 1 aliphatic rings. The lowest BCUT2D eigenvalue weighted by atomic mass is 10.1. The summed E-state index contributed by atoms with van der Waals surface area (Å²) in [7, 11) is 1.46. The van der Waals surface area contributed by atoms with Gasteiger partial charge in [-0.1, -0.05) is 142 Å². The minimum absolute atomic E-state index is 0.308. The molecule has 0 spiro atoms. The summed E-state index contributed by atoms with van der Waals surface area (Å²) in [5, 5.41) is 9.80. The van der Waals surface area contributed by atoms with Crippen molar-refractivity contribution in [1.29, 1.82) is 0 Å². The number of aliphatic hydroxyl groups excluding tert-OH is 1. The Morgan fingerprint density at radius 2 is 0.902 bits per heavy atom. The first-order valence-corrected chi connectivity index (χ1v) is 17.2. The number of methoxy groups -OCH3 is 1. The maximum absolute atomic E-state index is 12.6. The molecular formula is C34H64O7. The van der Waals surface area contributed by atoms with Crippen LogP contribution in [0.4, 0.5) is 0 Å². The number of unbranched alkanes of at least 4 members (excludes halogenated alkanes) is 20. The van der Waals surface area contributed by atoms with E-state index in [-0.39, 0.29) is 18.5 Å². The molecule has 41 heavy (non-hydrogen) atoms. The first kappa shape index (κ1) is 37.8. The van der Waals surface area contributed by atoms with E-state index in [0.717, 1.165) is 38.5 Å². The second-order valence-electron chi connectivity index (χ2n) is 11.9. The molecule has 0 aromatic rings. The van der Waals surface area contributed by atoms with Crippen molar-refractivity contribution in [2.24, 2.45) is 0 Å². The minimum Gasteiger partial charge on any atom is -0.455 e. The van der Waals surface area contributed by atoms with E-state index in [9.17, 15) is 14.7 Å². The zero-order valence-corrected chi connectivity index (χ0v) is 26.9. The van der Waals surface area contributed by atoms with Gasteiger partial charge in [-0.3, -0.25) is 9.59 Å². The molecule has 1 rings (SSSR count). The van der Waals surface area contributed by atoms with Crippen LogP contribution in [0.5, 0.6) is 0 Å². The van der Waals surface area contributed by atoms with Crippen LogP contribution in [0.3, 0.4) is 0 Å². The van der Waals surface area contributed by atoms with Crippen molar-refractivity contribution in [1.82, 2.24) is 0 Å². The minimum atomic E-state index is -0.876. The molecule has 0 amide bonds. The van der Waals surface area contributed by atoms with Gasteiger partial charge in [-0.05, 0) is 12.8 Å². The van der Waals surface area contributed by atoms with E-state index in [4.69, 9.17) is 18.9 Å².